The van der Waals surface area contributed by atoms with Gasteiger partial charge in [-0.15, -0.1) is 0 Å². The van der Waals surface area contributed by atoms with Crippen LogP contribution < -0.4 is 10.1 Å². The van der Waals surface area contributed by atoms with Crippen LogP contribution in [0.1, 0.15) is 13.3 Å². The summed E-state index contributed by atoms with van der Waals surface area (Å²) in [6.45, 7) is 1.87. The Hall–Kier alpha value is -2.45. The van der Waals surface area contributed by atoms with Crippen molar-refractivity contribution in [3.63, 3.8) is 0 Å². The lowest BCUT2D eigenvalue weighted by atomic mass is 10.2. The number of ether oxygens (including phenoxy) is 1. The maximum Gasteiger partial charge on any atom is 0.267 e. The van der Waals surface area contributed by atoms with E-state index in [0.29, 0.717) is 27.5 Å². The first-order valence-electron chi connectivity index (χ1n) is 8.00. The highest BCUT2D eigenvalue weighted by atomic mass is 32.2. The number of hydrogen-bond acceptors (Lipinski definition) is 6. The predicted molar refractivity (Wildman–Crippen MR) is 103 cm³/mol. The molecule has 8 heteroatoms. The summed E-state index contributed by atoms with van der Waals surface area (Å²) in [5.41, 5.74) is 0.634. The number of benzene rings is 2. The first-order chi connectivity index (χ1) is 12.4. The average molecular weight is 390 g/mol. The number of amides is 1. The van der Waals surface area contributed by atoms with E-state index in [0.717, 1.165) is 6.26 Å². The Bertz CT molecular complexity index is 1030. The SMILES string of the molecule is CCC(Oc1ccccc1)C(=O)Nc1nc2ccc(S(C)(=O)=O)cc2s1. The van der Waals surface area contributed by atoms with Gasteiger partial charge in [0.15, 0.2) is 21.1 Å². The summed E-state index contributed by atoms with van der Waals surface area (Å²) in [4.78, 5) is 17.0. The van der Waals surface area contributed by atoms with E-state index >= 15 is 0 Å². The number of fused-ring (bicyclic) bond motifs is 1. The standard InChI is InChI=1S/C18H18N2O4S2/c1-3-15(24-12-7-5-4-6-8-12)17(21)20-18-19-14-10-9-13(26(2,22)23)11-16(14)25-18/h4-11,15H,3H2,1-2H3,(H,19,20,21). The van der Waals surface area contributed by atoms with Gasteiger partial charge in [0.05, 0.1) is 15.1 Å². The second kappa shape index (κ2) is 7.43. The van der Waals surface area contributed by atoms with Crippen LogP contribution in [-0.2, 0) is 14.6 Å². The number of rotatable bonds is 6. The van der Waals surface area contributed by atoms with Crippen molar-refractivity contribution in [3.05, 3.63) is 48.5 Å². The number of carbonyl (C=O) groups is 1. The van der Waals surface area contributed by atoms with E-state index in [1.165, 1.54) is 17.4 Å². The van der Waals surface area contributed by atoms with Crippen molar-refractivity contribution < 1.29 is 17.9 Å². The number of para-hydroxylation sites is 1. The fraction of sp³-hybridized carbons (Fsp3) is 0.222. The van der Waals surface area contributed by atoms with Gasteiger partial charge in [0.2, 0.25) is 0 Å². The second-order valence-corrected chi connectivity index (χ2v) is 8.78. The van der Waals surface area contributed by atoms with Gasteiger partial charge in [-0.1, -0.05) is 36.5 Å². The molecule has 0 spiro atoms. The molecule has 0 saturated carbocycles. The Kier molecular flexibility index (Phi) is 5.24. The second-order valence-electron chi connectivity index (χ2n) is 5.74. The molecule has 1 atom stereocenters. The number of hydrogen-bond donors (Lipinski definition) is 1. The lowest BCUT2D eigenvalue weighted by Gasteiger charge is -2.16. The maximum absolute atomic E-state index is 12.5. The van der Waals surface area contributed by atoms with E-state index in [4.69, 9.17) is 4.74 Å². The zero-order valence-corrected chi connectivity index (χ0v) is 15.9. The summed E-state index contributed by atoms with van der Waals surface area (Å²) >= 11 is 1.23. The zero-order valence-electron chi connectivity index (χ0n) is 14.3. The molecule has 1 heterocycles. The van der Waals surface area contributed by atoms with Gasteiger partial charge in [0.25, 0.3) is 5.91 Å². The highest BCUT2D eigenvalue weighted by Gasteiger charge is 2.20. The molecule has 136 valence electrons. The van der Waals surface area contributed by atoms with Gasteiger partial charge in [0, 0.05) is 6.26 Å². The van der Waals surface area contributed by atoms with Gasteiger partial charge in [0.1, 0.15) is 5.75 Å². The third kappa shape index (κ3) is 4.20. The summed E-state index contributed by atoms with van der Waals surface area (Å²) < 4.78 is 29.7. The number of nitrogens with zero attached hydrogens (tertiary/aromatic N) is 1. The summed E-state index contributed by atoms with van der Waals surface area (Å²) in [5, 5.41) is 3.16. The Balaban J connectivity index is 1.77. The third-order valence-electron chi connectivity index (χ3n) is 3.70. The smallest absolute Gasteiger partial charge is 0.267 e. The molecule has 2 aromatic carbocycles. The third-order valence-corrected chi connectivity index (χ3v) is 5.75. The summed E-state index contributed by atoms with van der Waals surface area (Å²) in [5.74, 6) is 0.329. The number of aromatic nitrogens is 1. The Morgan fingerprint density at radius 3 is 2.62 bits per heavy atom. The van der Waals surface area contributed by atoms with Crippen molar-refractivity contribution in [3.8, 4) is 5.75 Å². The molecule has 0 saturated heterocycles. The van der Waals surface area contributed by atoms with Crippen molar-refractivity contribution in [2.75, 3.05) is 11.6 Å². The van der Waals surface area contributed by atoms with E-state index in [1.807, 2.05) is 25.1 Å². The molecule has 3 aromatic rings. The minimum Gasteiger partial charge on any atom is -0.481 e. The van der Waals surface area contributed by atoms with Crippen LogP contribution in [0.15, 0.2) is 53.4 Å². The van der Waals surface area contributed by atoms with E-state index in [2.05, 4.69) is 10.3 Å². The Labute approximate surface area is 155 Å². The number of nitrogens with one attached hydrogen (secondary N) is 1. The van der Waals surface area contributed by atoms with Gasteiger partial charge in [-0.2, -0.15) is 0 Å². The first-order valence-corrected chi connectivity index (χ1v) is 10.7. The Morgan fingerprint density at radius 1 is 1.23 bits per heavy atom. The van der Waals surface area contributed by atoms with Crippen LogP contribution in [0.5, 0.6) is 5.75 Å². The van der Waals surface area contributed by atoms with Crippen LogP contribution in [0.2, 0.25) is 0 Å². The average Bonchev–Trinajstić information content (AvgIpc) is 3.01. The number of carbonyl (C=O) groups excluding carboxylic acids is 1. The molecule has 1 N–H and O–H groups in total. The molecule has 0 bridgehead atoms. The molecular weight excluding hydrogens is 372 g/mol. The van der Waals surface area contributed by atoms with Crippen LogP contribution >= 0.6 is 11.3 Å². The quantitative estimate of drug-likeness (QED) is 0.696. The lowest BCUT2D eigenvalue weighted by Crippen LogP contribution is -2.32. The first kappa shape index (κ1) is 18.3. The summed E-state index contributed by atoms with van der Waals surface area (Å²) in [7, 11) is -3.29. The van der Waals surface area contributed by atoms with Gasteiger partial charge in [-0.3, -0.25) is 10.1 Å². The topological polar surface area (TPSA) is 85.4 Å². The van der Waals surface area contributed by atoms with Gasteiger partial charge in [-0.05, 0) is 36.8 Å². The van der Waals surface area contributed by atoms with Crippen LogP contribution in [0, 0.1) is 0 Å². The Morgan fingerprint density at radius 2 is 1.96 bits per heavy atom. The lowest BCUT2D eigenvalue weighted by molar-refractivity contribution is -0.122. The van der Waals surface area contributed by atoms with Crippen LogP contribution in [0.4, 0.5) is 5.13 Å². The molecule has 0 radical (unpaired) electrons. The minimum atomic E-state index is -3.29. The van der Waals surface area contributed by atoms with Crippen molar-refractivity contribution in [1.82, 2.24) is 4.98 Å². The van der Waals surface area contributed by atoms with E-state index in [1.54, 1.807) is 24.3 Å². The van der Waals surface area contributed by atoms with Crippen molar-refractivity contribution >= 4 is 42.4 Å². The fourth-order valence-electron chi connectivity index (χ4n) is 2.36. The summed E-state index contributed by atoms with van der Waals surface area (Å²) in [6, 6.07) is 13.8. The van der Waals surface area contributed by atoms with E-state index in [9.17, 15) is 13.2 Å². The highest BCUT2D eigenvalue weighted by molar-refractivity contribution is 7.90. The van der Waals surface area contributed by atoms with Gasteiger partial charge in [-0.25, -0.2) is 13.4 Å². The molecule has 3 rings (SSSR count). The van der Waals surface area contributed by atoms with Gasteiger partial charge < -0.3 is 4.74 Å². The van der Waals surface area contributed by atoms with Crippen molar-refractivity contribution in [2.24, 2.45) is 0 Å². The molecule has 0 fully saturated rings. The number of sulfone groups is 1. The van der Waals surface area contributed by atoms with Gasteiger partial charge >= 0.3 is 0 Å². The van der Waals surface area contributed by atoms with Crippen LogP contribution in [-0.4, -0.2) is 31.7 Å². The largest absolute Gasteiger partial charge is 0.481 e. The highest BCUT2D eigenvalue weighted by Crippen LogP contribution is 2.28. The molecule has 0 aliphatic heterocycles. The summed E-state index contributed by atoms with van der Waals surface area (Å²) in [6.07, 6.45) is 1.02. The number of thiazole rings is 1. The van der Waals surface area contributed by atoms with Crippen molar-refractivity contribution in [2.45, 2.75) is 24.3 Å². The molecule has 1 unspecified atom stereocenters. The normalized spacial score (nSPS) is 12.7. The predicted octanol–water partition coefficient (Wildman–Crippen LogP) is 3.50. The minimum absolute atomic E-state index is 0.227. The van der Waals surface area contributed by atoms with E-state index < -0.39 is 15.9 Å². The van der Waals surface area contributed by atoms with Crippen LogP contribution in [0.25, 0.3) is 10.2 Å². The monoisotopic (exact) mass is 390 g/mol. The molecular formula is C18H18N2O4S2. The van der Waals surface area contributed by atoms with E-state index in [-0.39, 0.29) is 10.8 Å². The molecule has 1 amide bonds. The zero-order chi connectivity index (χ0) is 18.7. The molecule has 26 heavy (non-hydrogen) atoms. The van der Waals surface area contributed by atoms with Crippen LogP contribution in [0.3, 0.4) is 0 Å². The molecule has 6 nitrogen and oxygen atoms in total. The molecule has 1 aromatic heterocycles. The maximum atomic E-state index is 12.5. The number of anilines is 1. The molecule has 0 aliphatic rings. The molecule has 0 aliphatic carbocycles. The van der Waals surface area contributed by atoms with Crippen molar-refractivity contribution in [1.29, 1.82) is 0 Å². The fourth-order valence-corrected chi connectivity index (χ4v) is 3.99.